The predicted molar refractivity (Wildman–Crippen MR) is 61.4 cm³/mol. The van der Waals surface area contributed by atoms with Crippen LogP contribution in [0, 0.1) is 0 Å². The lowest BCUT2D eigenvalue weighted by Gasteiger charge is -2.11. The van der Waals surface area contributed by atoms with Crippen LogP contribution in [0.25, 0.3) is 0 Å². The van der Waals surface area contributed by atoms with E-state index in [9.17, 15) is 0 Å². The average Bonchev–Trinajstić information content (AvgIpc) is 2.26. The molecule has 0 saturated carbocycles. The summed E-state index contributed by atoms with van der Waals surface area (Å²) in [5.41, 5.74) is 5.40. The molecule has 1 atom stereocenters. The molecular weight excluding hydrogens is 214 g/mol. The first-order valence-corrected chi connectivity index (χ1v) is 5.31. The highest BCUT2D eigenvalue weighted by molar-refractivity contribution is 6.32. The Morgan fingerprint density at radius 1 is 1.33 bits per heavy atom. The number of benzene rings is 1. The number of hydrogen-bond donors (Lipinski definition) is 1. The van der Waals surface area contributed by atoms with Gasteiger partial charge in [0.1, 0.15) is 12.4 Å². The maximum absolute atomic E-state index is 5.91. The minimum Gasteiger partial charge on any atom is -0.490 e. The van der Waals surface area contributed by atoms with Crippen molar-refractivity contribution in [2.75, 3.05) is 19.8 Å². The van der Waals surface area contributed by atoms with Gasteiger partial charge in [-0.1, -0.05) is 23.7 Å². The summed E-state index contributed by atoms with van der Waals surface area (Å²) in [6.45, 7) is 3.44. The molecule has 0 bridgehead atoms. The van der Waals surface area contributed by atoms with Crippen molar-refractivity contribution in [3.05, 3.63) is 29.3 Å². The Balaban J connectivity index is 2.23. The van der Waals surface area contributed by atoms with E-state index < -0.39 is 0 Å². The fourth-order valence-corrected chi connectivity index (χ4v) is 1.22. The fraction of sp³-hybridized carbons (Fsp3) is 0.455. The molecule has 0 spiro atoms. The van der Waals surface area contributed by atoms with Gasteiger partial charge in [0.15, 0.2) is 0 Å². The molecule has 3 nitrogen and oxygen atoms in total. The van der Waals surface area contributed by atoms with E-state index in [2.05, 4.69) is 0 Å². The van der Waals surface area contributed by atoms with E-state index in [0.717, 1.165) is 0 Å². The van der Waals surface area contributed by atoms with Gasteiger partial charge in [-0.3, -0.25) is 0 Å². The molecule has 0 aliphatic rings. The molecule has 1 aromatic carbocycles. The van der Waals surface area contributed by atoms with Gasteiger partial charge in [-0.05, 0) is 19.1 Å². The molecule has 0 aliphatic carbocycles. The normalized spacial score (nSPS) is 12.5. The average molecular weight is 230 g/mol. The second-order valence-corrected chi connectivity index (χ2v) is 3.60. The van der Waals surface area contributed by atoms with Crippen molar-refractivity contribution in [1.82, 2.24) is 0 Å². The molecular formula is C11H16ClNO2. The number of hydrogen-bond acceptors (Lipinski definition) is 3. The lowest BCUT2D eigenvalue weighted by molar-refractivity contribution is 0.0496. The lowest BCUT2D eigenvalue weighted by atomic mass is 10.3. The summed E-state index contributed by atoms with van der Waals surface area (Å²) in [6.07, 6.45) is 0.0693. The Bertz CT molecular complexity index is 294. The Labute approximate surface area is 95.1 Å². The third-order valence-corrected chi connectivity index (χ3v) is 2.22. The molecule has 1 unspecified atom stereocenters. The molecule has 4 heteroatoms. The zero-order valence-electron chi connectivity index (χ0n) is 8.78. The van der Waals surface area contributed by atoms with Crippen molar-refractivity contribution in [3.8, 4) is 5.75 Å². The van der Waals surface area contributed by atoms with Crippen molar-refractivity contribution in [2.24, 2.45) is 5.73 Å². The summed E-state index contributed by atoms with van der Waals surface area (Å²) in [7, 11) is 0. The molecule has 0 heterocycles. The Hall–Kier alpha value is -0.770. The van der Waals surface area contributed by atoms with Crippen LogP contribution in [0.4, 0.5) is 0 Å². The number of rotatable bonds is 6. The maximum atomic E-state index is 5.91. The molecule has 84 valence electrons. The number of ether oxygens (including phenoxy) is 2. The largest absolute Gasteiger partial charge is 0.490 e. The first kappa shape index (κ1) is 12.3. The molecule has 15 heavy (non-hydrogen) atoms. The highest BCUT2D eigenvalue weighted by Crippen LogP contribution is 2.22. The second kappa shape index (κ2) is 6.67. The second-order valence-electron chi connectivity index (χ2n) is 3.20. The van der Waals surface area contributed by atoms with Gasteiger partial charge in [0.2, 0.25) is 0 Å². The third kappa shape index (κ3) is 4.51. The van der Waals surface area contributed by atoms with Crippen LogP contribution in [-0.2, 0) is 4.74 Å². The van der Waals surface area contributed by atoms with E-state index in [1.54, 1.807) is 6.07 Å². The lowest BCUT2D eigenvalue weighted by Crippen LogP contribution is -2.22. The molecule has 0 amide bonds. The van der Waals surface area contributed by atoms with E-state index in [1.807, 2.05) is 25.1 Å². The van der Waals surface area contributed by atoms with E-state index in [4.69, 9.17) is 26.8 Å². The van der Waals surface area contributed by atoms with Crippen molar-refractivity contribution >= 4 is 11.6 Å². The summed E-state index contributed by atoms with van der Waals surface area (Å²) in [6, 6.07) is 7.36. The van der Waals surface area contributed by atoms with Crippen LogP contribution >= 0.6 is 11.6 Å². The van der Waals surface area contributed by atoms with Gasteiger partial charge >= 0.3 is 0 Å². The van der Waals surface area contributed by atoms with Crippen molar-refractivity contribution in [2.45, 2.75) is 13.0 Å². The highest BCUT2D eigenvalue weighted by Gasteiger charge is 2.01. The van der Waals surface area contributed by atoms with E-state index >= 15 is 0 Å². The van der Waals surface area contributed by atoms with E-state index in [-0.39, 0.29) is 6.10 Å². The van der Waals surface area contributed by atoms with Crippen LogP contribution in [0.1, 0.15) is 6.92 Å². The standard InChI is InChI=1S/C11H16ClNO2/c1-9(8-13)14-6-7-15-11-5-3-2-4-10(11)12/h2-5,9H,6-8,13H2,1H3. The smallest absolute Gasteiger partial charge is 0.138 e. The maximum Gasteiger partial charge on any atom is 0.138 e. The molecule has 0 aliphatic heterocycles. The van der Waals surface area contributed by atoms with Crippen LogP contribution in [0.3, 0.4) is 0 Å². The fourth-order valence-electron chi connectivity index (χ4n) is 1.03. The Morgan fingerprint density at radius 3 is 2.73 bits per heavy atom. The van der Waals surface area contributed by atoms with Crippen LogP contribution in [0.2, 0.25) is 5.02 Å². The first-order chi connectivity index (χ1) is 7.24. The van der Waals surface area contributed by atoms with Crippen LogP contribution in [0.15, 0.2) is 24.3 Å². The monoisotopic (exact) mass is 229 g/mol. The van der Waals surface area contributed by atoms with Gasteiger partial charge < -0.3 is 15.2 Å². The molecule has 1 rings (SSSR count). The van der Waals surface area contributed by atoms with Crippen molar-refractivity contribution in [3.63, 3.8) is 0 Å². The zero-order valence-corrected chi connectivity index (χ0v) is 9.54. The van der Waals surface area contributed by atoms with Gasteiger partial charge in [-0.2, -0.15) is 0 Å². The van der Waals surface area contributed by atoms with Gasteiger partial charge in [-0.15, -0.1) is 0 Å². The topological polar surface area (TPSA) is 44.5 Å². The van der Waals surface area contributed by atoms with Gasteiger partial charge in [0.25, 0.3) is 0 Å². The van der Waals surface area contributed by atoms with Crippen LogP contribution < -0.4 is 10.5 Å². The quantitative estimate of drug-likeness (QED) is 0.760. The van der Waals surface area contributed by atoms with Crippen LogP contribution in [-0.4, -0.2) is 25.9 Å². The summed E-state index contributed by atoms with van der Waals surface area (Å²) in [4.78, 5) is 0. The molecule has 1 aromatic rings. The minimum atomic E-state index is 0.0693. The summed E-state index contributed by atoms with van der Waals surface area (Å²) < 4.78 is 10.8. The summed E-state index contributed by atoms with van der Waals surface area (Å²) in [5.74, 6) is 0.683. The number of para-hydroxylation sites is 1. The molecule has 0 aromatic heterocycles. The highest BCUT2D eigenvalue weighted by atomic mass is 35.5. The summed E-state index contributed by atoms with van der Waals surface area (Å²) >= 11 is 5.91. The van der Waals surface area contributed by atoms with Gasteiger partial charge in [0, 0.05) is 6.54 Å². The van der Waals surface area contributed by atoms with Crippen molar-refractivity contribution in [1.29, 1.82) is 0 Å². The third-order valence-electron chi connectivity index (χ3n) is 1.91. The minimum absolute atomic E-state index is 0.0693. The summed E-state index contributed by atoms with van der Waals surface area (Å²) in [5, 5.41) is 0.615. The van der Waals surface area contributed by atoms with Gasteiger partial charge in [0.05, 0.1) is 17.7 Å². The van der Waals surface area contributed by atoms with Gasteiger partial charge in [-0.25, -0.2) is 0 Å². The van der Waals surface area contributed by atoms with E-state index in [0.29, 0.717) is 30.5 Å². The zero-order chi connectivity index (χ0) is 11.1. The molecule has 2 N–H and O–H groups in total. The number of halogens is 1. The Kier molecular flexibility index (Phi) is 5.47. The SMILES string of the molecule is CC(CN)OCCOc1ccccc1Cl. The number of nitrogens with two attached hydrogens (primary N) is 1. The molecule has 0 saturated heterocycles. The molecule has 0 radical (unpaired) electrons. The first-order valence-electron chi connectivity index (χ1n) is 4.93. The Morgan fingerprint density at radius 2 is 2.07 bits per heavy atom. The predicted octanol–water partition coefficient (Wildman–Crippen LogP) is 2.08. The van der Waals surface area contributed by atoms with E-state index in [1.165, 1.54) is 0 Å². The van der Waals surface area contributed by atoms with Crippen LogP contribution in [0.5, 0.6) is 5.75 Å². The van der Waals surface area contributed by atoms with Crippen molar-refractivity contribution < 1.29 is 9.47 Å². The molecule has 0 fully saturated rings.